The molecule has 0 unspecified atom stereocenters. The molecule has 1 aliphatic rings. The monoisotopic (exact) mass is 446 g/mol. The molecular weight excluding hydrogens is 427 g/mol. The molecule has 1 aliphatic heterocycles. The highest BCUT2D eigenvalue weighted by molar-refractivity contribution is 7.13. The molecular formula is C22H20Cl2N2O2S. The van der Waals surface area contributed by atoms with Crippen LogP contribution in [0, 0.1) is 0 Å². The third kappa shape index (κ3) is 4.64. The maximum Gasteiger partial charge on any atom is 0.228 e. The van der Waals surface area contributed by atoms with E-state index < -0.39 is 5.60 Å². The third-order valence-corrected chi connectivity index (χ3v) is 6.74. The van der Waals surface area contributed by atoms with E-state index >= 15 is 0 Å². The molecule has 0 saturated carbocycles. The van der Waals surface area contributed by atoms with Crippen LogP contribution in [0.25, 0.3) is 10.6 Å². The van der Waals surface area contributed by atoms with Gasteiger partial charge in [-0.3, -0.25) is 4.79 Å². The van der Waals surface area contributed by atoms with Gasteiger partial charge in [-0.2, -0.15) is 0 Å². The van der Waals surface area contributed by atoms with E-state index in [-0.39, 0.29) is 12.3 Å². The fourth-order valence-electron chi connectivity index (χ4n) is 3.55. The molecule has 0 aliphatic carbocycles. The Morgan fingerprint density at radius 2 is 1.62 bits per heavy atom. The molecule has 1 fully saturated rings. The molecule has 4 nitrogen and oxygen atoms in total. The number of benzene rings is 2. The summed E-state index contributed by atoms with van der Waals surface area (Å²) in [5, 5.41) is 15.1. The molecule has 1 N–H and O–H groups in total. The Balaban J connectivity index is 1.37. The van der Waals surface area contributed by atoms with E-state index in [1.807, 2.05) is 46.7 Å². The van der Waals surface area contributed by atoms with Gasteiger partial charge in [0, 0.05) is 34.1 Å². The molecule has 0 atom stereocenters. The summed E-state index contributed by atoms with van der Waals surface area (Å²) < 4.78 is 0. The number of halogens is 2. The van der Waals surface area contributed by atoms with Crippen molar-refractivity contribution in [2.24, 2.45) is 0 Å². The summed E-state index contributed by atoms with van der Waals surface area (Å²) >= 11 is 13.4. The zero-order valence-corrected chi connectivity index (χ0v) is 18.0. The van der Waals surface area contributed by atoms with E-state index in [1.165, 1.54) is 11.3 Å². The van der Waals surface area contributed by atoms with Gasteiger partial charge in [-0.05, 0) is 42.7 Å². The minimum absolute atomic E-state index is 0.0381. The third-order valence-electron chi connectivity index (χ3n) is 5.30. The number of aliphatic hydroxyl groups is 1. The van der Waals surface area contributed by atoms with Crippen molar-refractivity contribution in [3.8, 4) is 10.6 Å². The summed E-state index contributed by atoms with van der Waals surface area (Å²) in [5.41, 5.74) is 1.69. The predicted molar refractivity (Wildman–Crippen MR) is 117 cm³/mol. The molecule has 29 heavy (non-hydrogen) atoms. The van der Waals surface area contributed by atoms with E-state index in [4.69, 9.17) is 23.2 Å². The van der Waals surface area contributed by atoms with Crippen LogP contribution in [0.2, 0.25) is 10.0 Å². The van der Waals surface area contributed by atoms with Gasteiger partial charge in [-0.15, -0.1) is 11.3 Å². The second kappa shape index (κ2) is 8.44. The van der Waals surface area contributed by atoms with Gasteiger partial charge < -0.3 is 10.0 Å². The number of carbonyl (C=O) groups is 1. The number of likely N-dealkylation sites (tertiary alicyclic amines) is 1. The van der Waals surface area contributed by atoms with Crippen LogP contribution in [0.4, 0.5) is 0 Å². The second-order valence-electron chi connectivity index (χ2n) is 7.25. The Bertz CT molecular complexity index is 994. The summed E-state index contributed by atoms with van der Waals surface area (Å²) in [6.07, 6.45) is 1.28. The minimum Gasteiger partial charge on any atom is -0.385 e. The zero-order valence-electron chi connectivity index (χ0n) is 15.6. The smallest absolute Gasteiger partial charge is 0.228 e. The van der Waals surface area contributed by atoms with Crippen LogP contribution in [-0.4, -0.2) is 34.0 Å². The number of rotatable bonds is 4. The van der Waals surface area contributed by atoms with Crippen molar-refractivity contribution in [1.29, 1.82) is 0 Å². The van der Waals surface area contributed by atoms with Gasteiger partial charge >= 0.3 is 0 Å². The molecule has 0 bridgehead atoms. The van der Waals surface area contributed by atoms with Crippen LogP contribution in [0.5, 0.6) is 0 Å². The highest BCUT2D eigenvalue weighted by atomic mass is 35.5. The molecule has 1 aromatic heterocycles. The zero-order chi connectivity index (χ0) is 20.4. The summed E-state index contributed by atoms with van der Waals surface area (Å²) in [6.45, 7) is 1.04. The second-order valence-corrected chi connectivity index (χ2v) is 8.98. The number of aromatic nitrogens is 1. The van der Waals surface area contributed by atoms with Crippen LogP contribution in [-0.2, 0) is 16.8 Å². The molecule has 1 saturated heterocycles. The molecule has 0 radical (unpaired) electrons. The SMILES string of the molecule is O=C(Cc1csc(-c2ccc(Cl)cc2)n1)N1CCC(O)(c2ccc(Cl)cc2)CC1. The van der Waals surface area contributed by atoms with E-state index in [2.05, 4.69) is 4.98 Å². The van der Waals surface area contributed by atoms with Crippen molar-refractivity contribution >= 4 is 40.4 Å². The number of hydrogen-bond acceptors (Lipinski definition) is 4. The highest BCUT2D eigenvalue weighted by Crippen LogP contribution is 2.33. The Morgan fingerprint density at radius 1 is 1.03 bits per heavy atom. The van der Waals surface area contributed by atoms with Crippen LogP contribution in [0.1, 0.15) is 24.1 Å². The van der Waals surface area contributed by atoms with Crippen molar-refractivity contribution in [2.75, 3.05) is 13.1 Å². The van der Waals surface area contributed by atoms with Crippen molar-refractivity contribution < 1.29 is 9.90 Å². The quantitative estimate of drug-likeness (QED) is 0.601. The Hall–Kier alpha value is -1.92. The molecule has 0 spiro atoms. The summed E-state index contributed by atoms with van der Waals surface area (Å²) in [6, 6.07) is 14.8. The summed E-state index contributed by atoms with van der Waals surface area (Å²) in [7, 11) is 0. The van der Waals surface area contributed by atoms with Crippen molar-refractivity contribution in [3.63, 3.8) is 0 Å². The van der Waals surface area contributed by atoms with Crippen LogP contribution in [0.15, 0.2) is 53.9 Å². The van der Waals surface area contributed by atoms with E-state index in [9.17, 15) is 9.90 Å². The van der Waals surface area contributed by atoms with Crippen molar-refractivity contribution in [1.82, 2.24) is 9.88 Å². The molecule has 3 aromatic rings. The first-order valence-corrected chi connectivity index (χ1v) is 11.0. The van der Waals surface area contributed by atoms with Crippen LogP contribution in [0.3, 0.4) is 0 Å². The molecule has 4 rings (SSSR count). The standard InChI is InChI=1S/C22H20Cl2N2O2S/c23-17-5-1-15(2-6-17)21-25-19(14-29-21)13-20(27)26-11-9-22(28,10-12-26)16-3-7-18(24)8-4-16/h1-8,14,28H,9-13H2. The number of carbonyl (C=O) groups excluding carboxylic acids is 1. The largest absolute Gasteiger partial charge is 0.385 e. The van der Waals surface area contributed by atoms with Gasteiger partial charge in [-0.25, -0.2) is 4.98 Å². The fourth-order valence-corrected chi connectivity index (χ4v) is 4.63. The fraction of sp³-hybridized carbons (Fsp3) is 0.273. The number of thiazole rings is 1. The first-order valence-electron chi connectivity index (χ1n) is 9.39. The lowest BCUT2D eigenvalue weighted by molar-refractivity contribution is -0.135. The van der Waals surface area contributed by atoms with E-state index in [0.717, 1.165) is 21.8 Å². The number of piperidine rings is 1. The van der Waals surface area contributed by atoms with Gasteiger partial charge in [-0.1, -0.05) is 47.5 Å². The Morgan fingerprint density at radius 3 is 2.24 bits per heavy atom. The number of nitrogens with zero attached hydrogens (tertiary/aromatic N) is 2. The molecule has 2 heterocycles. The number of amides is 1. The lowest BCUT2D eigenvalue weighted by Crippen LogP contribution is -2.45. The average molecular weight is 447 g/mol. The topological polar surface area (TPSA) is 53.4 Å². The van der Waals surface area contributed by atoms with Gasteiger partial charge in [0.25, 0.3) is 0 Å². The predicted octanol–water partition coefficient (Wildman–Crippen LogP) is 5.17. The maximum absolute atomic E-state index is 12.7. The van der Waals surface area contributed by atoms with Gasteiger partial charge in [0.05, 0.1) is 17.7 Å². The van der Waals surface area contributed by atoms with E-state index in [0.29, 0.717) is 36.0 Å². The lowest BCUT2D eigenvalue weighted by Gasteiger charge is -2.38. The van der Waals surface area contributed by atoms with E-state index in [1.54, 1.807) is 12.1 Å². The van der Waals surface area contributed by atoms with Crippen LogP contribution < -0.4 is 0 Å². The highest BCUT2D eigenvalue weighted by Gasteiger charge is 2.35. The first kappa shape index (κ1) is 20.4. The molecule has 150 valence electrons. The number of hydrogen-bond donors (Lipinski definition) is 1. The summed E-state index contributed by atoms with van der Waals surface area (Å²) in [5.74, 6) is 0.0381. The average Bonchev–Trinajstić information content (AvgIpc) is 3.18. The van der Waals surface area contributed by atoms with Crippen LogP contribution >= 0.6 is 34.5 Å². The normalized spacial score (nSPS) is 16.0. The van der Waals surface area contributed by atoms with Crippen molar-refractivity contribution in [3.05, 3.63) is 75.2 Å². The lowest BCUT2D eigenvalue weighted by atomic mass is 9.84. The van der Waals surface area contributed by atoms with Gasteiger partial charge in [0.1, 0.15) is 5.01 Å². The maximum atomic E-state index is 12.7. The van der Waals surface area contributed by atoms with Gasteiger partial charge in [0.15, 0.2) is 0 Å². The Kier molecular flexibility index (Phi) is 5.93. The van der Waals surface area contributed by atoms with Gasteiger partial charge in [0.2, 0.25) is 5.91 Å². The molecule has 2 aromatic carbocycles. The minimum atomic E-state index is -0.913. The first-order chi connectivity index (χ1) is 13.9. The molecule has 7 heteroatoms. The summed E-state index contributed by atoms with van der Waals surface area (Å²) in [4.78, 5) is 19.1. The molecule has 1 amide bonds. The Labute approximate surface area is 183 Å². The van der Waals surface area contributed by atoms with Crippen molar-refractivity contribution in [2.45, 2.75) is 24.9 Å².